The Hall–Kier alpha value is -1.53. The number of hydrogen-bond donors (Lipinski definition) is 1. The van der Waals surface area contributed by atoms with Gasteiger partial charge in [-0.3, -0.25) is 0 Å². The number of carbonyl (C=O) groups is 1. The Morgan fingerprint density at radius 3 is 2.88 bits per heavy atom. The highest BCUT2D eigenvalue weighted by atomic mass is 16.5. The number of amides is 2. The Kier molecular flexibility index (Phi) is 5.79. The van der Waals surface area contributed by atoms with E-state index in [1.807, 2.05) is 17.0 Å². The van der Waals surface area contributed by atoms with Gasteiger partial charge in [-0.1, -0.05) is 12.8 Å². The van der Waals surface area contributed by atoms with Crippen LogP contribution < -0.4 is 5.32 Å². The Labute approximate surface area is 143 Å². The minimum Gasteiger partial charge on any atom is -0.461 e. The molecule has 134 valence electrons. The largest absolute Gasteiger partial charge is 0.461 e. The van der Waals surface area contributed by atoms with Gasteiger partial charge in [-0.15, -0.1) is 0 Å². The van der Waals surface area contributed by atoms with E-state index in [4.69, 9.17) is 13.9 Å². The van der Waals surface area contributed by atoms with Gasteiger partial charge >= 0.3 is 6.03 Å². The van der Waals surface area contributed by atoms with Gasteiger partial charge in [-0.05, 0) is 37.8 Å². The molecule has 2 fully saturated rings. The average molecular weight is 336 g/mol. The lowest BCUT2D eigenvalue weighted by atomic mass is 9.92. The summed E-state index contributed by atoms with van der Waals surface area (Å²) in [5, 5.41) is 3.19. The summed E-state index contributed by atoms with van der Waals surface area (Å²) in [5.41, 5.74) is 0. The summed E-state index contributed by atoms with van der Waals surface area (Å²) in [6.45, 7) is 1.22. The van der Waals surface area contributed by atoms with Crippen molar-refractivity contribution in [2.45, 2.75) is 63.3 Å². The van der Waals surface area contributed by atoms with Gasteiger partial charge in [0.1, 0.15) is 18.1 Å². The molecule has 0 bridgehead atoms. The Bertz CT molecular complexity index is 545. The van der Waals surface area contributed by atoms with Crippen molar-refractivity contribution in [3.63, 3.8) is 0 Å². The highest BCUT2D eigenvalue weighted by Gasteiger charge is 2.35. The van der Waals surface area contributed by atoms with Crippen molar-refractivity contribution in [2.24, 2.45) is 0 Å². The summed E-state index contributed by atoms with van der Waals surface area (Å²) in [6.07, 6.45) is 6.38. The summed E-state index contributed by atoms with van der Waals surface area (Å²) in [7, 11) is 3.38. The summed E-state index contributed by atoms with van der Waals surface area (Å²) in [5.74, 6) is 1.65. The van der Waals surface area contributed by atoms with Crippen molar-refractivity contribution >= 4 is 6.03 Å². The molecule has 0 spiro atoms. The Balaban J connectivity index is 1.64. The van der Waals surface area contributed by atoms with E-state index in [-0.39, 0.29) is 24.2 Å². The predicted molar refractivity (Wildman–Crippen MR) is 89.7 cm³/mol. The number of likely N-dealkylation sites (tertiary alicyclic amines) is 1. The molecule has 1 saturated carbocycles. The molecule has 0 aromatic carbocycles. The number of rotatable bonds is 5. The summed E-state index contributed by atoms with van der Waals surface area (Å²) >= 11 is 0. The van der Waals surface area contributed by atoms with E-state index in [2.05, 4.69) is 5.32 Å². The molecule has 3 atom stereocenters. The Morgan fingerprint density at radius 2 is 2.08 bits per heavy atom. The van der Waals surface area contributed by atoms with Crippen molar-refractivity contribution in [1.82, 2.24) is 10.2 Å². The molecule has 2 heterocycles. The highest BCUT2D eigenvalue weighted by molar-refractivity contribution is 5.75. The van der Waals surface area contributed by atoms with Crippen molar-refractivity contribution in [1.29, 1.82) is 0 Å². The molecule has 1 aliphatic heterocycles. The number of nitrogens with zero attached hydrogens (tertiary/aromatic N) is 1. The predicted octanol–water partition coefficient (Wildman–Crippen LogP) is 3.23. The SMILES string of the molecule is COCc1ccc([C@@H]2CCCN2C(=O)N[C@H]2CCCC[C@@H]2OC)o1. The summed E-state index contributed by atoms with van der Waals surface area (Å²) in [4.78, 5) is 14.7. The van der Waals surface area contributed by atoms with E-state index < -0.39 is 0 Å². The zero-order valence-corrected chi connectivity index (χ0v) is 14.6. The van der Waals surface area contributed by atoms with Gasteiger partial charge in [-0.2, -0.15) is 0 Å². The van der Waals surface area contributed by atoms with E-state index in [9.17, 15) is 4.79 Å². The lowest BCUT2D eigenvalue weighted by molar-refractivity contribution is 0.0426. The van der Waals surface area contributed by atoms with Crippen LogP contribution in [-0.4, -0.2) is 43.8 Å². The third-order valence-electron chi connectivity index (χ3n) is 5.13. The first kappa shape index (κ1) is 17.3. The van der Waals surface area contributed by atoms with Gasteiger partial charge in [0.25, 0.3) is 0 Å². The highest BCUT2D eigenvalue weighted by Crippen LogP contribution is 2.33. The lowest BCUT2D eigenvalue weighted by Crippen LogP contribution is -2.50. The zero-order valence-electron chi connectivity index (χ0n) is 14.6. The minimum absolute atomic E-state index is 0.00357. The fraction of sp³-hybridized carbons (Fsp3) is 0.722. The topological polar surface area (TPSA) is 63.9 Å². The summed E-state index contributed by atoms with van der Waals surface area (Å²) in [6, 6.07) is 4.01. The number of ether oxygens (including phenoxy) is 2. The first-order valence-corrected chi connectivity index (χ1v) is 8.90. The first-order chi connectivity index (χ1) is 11.7. The smallest absolute Gasteiger partial charge is 0.318 e. The van der Waals surface area contributed by atoms with E-state index >= 15 is 0 Å². The molecule has 6 nitrogen and oxygen atoms in total. The molecule has 24 heavy (non-hydrogen) atoms. The molecule has 0 radical (unpaired) electrons. The van der Waals surface area contributed by atoms with E-state index in [0.29, 0.717) is 6.61 Å². The van der Waals surface area contributed by atoms with Crippen LogP contribution in [0.1, 0.15) is 56.1 Å². The molecule has 2 aliphatic rings. The van der Waals surface area contributed by atoms with Gasteiger partial charge in [-0.25, -0.2) is 4.79 Å². The second-order valence-electron chi connectivity index (χ2n) is 6.70. The van der Waals surface area contributed by atoms with Crippen LogP contribution in [0.4, 0.5) is 4.79 Å². The van der Waals surface area contributed by atoms with Crippen LogP contribution in [0.2, 0.25) is 0 Å². The van der Waals surface area contributed by atoms with Crippen molar-refractivity contribution < 1.29 is 18.7 Å². The van der Waals surface area contributed by atoms with Gasteiger partial charge < -0.3 is 24.1 Å². The Morgan fingerprint density at radius 1 is 1.25 bits per heavy atom. The number of carbonyl (C=O) groups excluding carboxylic acids is 1. The fourth-order valence-electron chi connectivity index (χ4n) is 3.88. The molecular formula is C18H28N2O4. The summed E-state index contributed by atoms with van der Waals surface area (Å²) < 4.78 is 16.5. The molecule has 1 saturated heterocycles. The van der Waals surface area contributed by atoms with Crippen molar-refractivity contribution in [3.8, 4) is 0 Å². The zero-order chi connectivity index (χ0) is 16.9. The third kappa shape index (κ3) is 3.75. The van der Waals surface area contributed by atoms with Gasteiger partial charge in [0, 0.05) is 20.8 Å². The molecule has 1 aliphatic carbocycles. The van der Waals surface area contributed by atoms with Crippen LogP contribution in [0.5, 0.6) is 0 Å². The van der Waals surface area contributed by atoms with Crippen LogP contribution in [0.3, 0.4) is 0 Å². The third-order valence-corrected chi connectivity index (χ3v) is 5.13. The number of urea groups is 1. The number of nitrogens with one attached hydrogen (secondary N) is 1. The fourth-order valence-corrected chi connectivity index (χ4v) is 3.88. The monoisotopic (exact) mass is 336 g/mol. The lowest BCUT2D eigenvalue weighted by Gasteiger charge is -2.33. The van der Waals surface area contributed by atoms with Crippen LogP contribution in [0, 0.1) is 0 Å². The average Bonchev–Trinajstić information content (AvgIpc) is 3.24. The van der Waals surface area contributed by atoms with E-state index in [1.165, 1.54) is 6.42 Å². The maximum Gasteiger partial charge on any atom is 0.318 e. The number of hydrogen-bond acceptors (Lipinski definition) is 4. The van der Waals surface area contributed by atoms with Gasteiger partial charge in [0.15, 0.2) is 0 Å². The molecule has 1 N–H and O–H groups in total. The first-order valence-electron chi connectivity index (χ1n) is 8.90. The number of methoxy groups -OCH3 is 2. The van der Waals surface area contributed by atoms with Crippen molar-refractivity contribution in [2.75, 3.05) is 20.8 Å². The molecular weight excluding hydrogens is 308 g/mol. The van der Waals surface area contributed by atoms with Gasteiger partial charge in [0.2, 0.25) is 0 Å². The van der Waals surface area contributed by atoms with Crippen LogP contribution in [0.25, 0.3) is 0 Å². The second kappa shape index (κ2) is 8.03. The second-order valence-corrected chi connectivity index (χ2v) is 6.70. The van der Waals surface area contributed by atoms with Crippen molar-refractivity contribution in [3.05, 3.63) is 23.7 Å². The van der Waals surface area contributed by atoms with Gasteiger partial charge in [0.05, 0.1) is 18.2 Å². The molecule has 1 aromatic heterocycles. The molecule has 0 unspecified atom stereocenters. The van der Waals surface area contributed by atoms with Crippen LogP contribution in [-0.2, 0) is 16.1 Å². The number of furan rings is 1. The molecule has 6 heteroatoms. The maximum atomic E-state index is 12.8. The van der Waals surface area contributed by atoms with E-state index in [1.54, 1.807) is 14.2 Å². The maximum absolute atomic E-state index is 12.8. The van der Waals surface area contributed by atoms with Crippen LogP contribution in [0.15, 0.2) is 16.5 Å². The molecule has 2 amide bonds. The van der Waals surface area contributed by atoms with Crippen LogP contribution >= 0.6 is 0 Å². The molecule has 1 aromatic rings. The van der Waals surface area contributed by atoms with E-state index in [0.717, 1.165) is 50.2 Å². The molecule has 3 rings (SSSR count). The normalized spacial score (nSPS) is 27.4. The minimum atomic E-state index is -0.00357. The standard InChI is InChI=1S/C18H28N2O4/c1-22-12-13-9-10-17(24-13)15-7-5-11-20(15)18(21)19-14-6-3-4-8-16(14)23-2/h9-10,14-16H,3-8,11-12H2,1-2H3,(H,19,21)/t14-,15-,16-/m0/s1. The quantitative estimate of drug-likeness (QED) is 0.896.